The molecule has 0 aliphatic carbocycles. The molecule has 11 aromatic rings. The first-order valence-corrected chi connectivity index (χ1v) is 18.6. The third-order valence-corrected chi connectivity index (χ3v) is 11.0. The van der Waals surface area contributed by atoms with E-state index in [-0.39, 0.29) is 33.3 Å². The largest absolute Gasteiger partial charge is 0.308 e. The molecule has 262 valence electrons. The van der Waals surface area contributed by atoms with E-state index in [4.69, 9.17) is 24.5 Å². The van der Waals surface area contributed by atoms with Crippen molar-refractivity contribution in [3.05, 3.63) is 194 Å². The van der Waals surface area contributed by atoms with Crippen molar-refractivity contribution in [1.29, 1.82) is 0 Å². The predicted octanol–water partition coefficient (Wildman–Crippen LogP) is 13.7. The van der Waals surface area contributed by atoms with Gasteiger partial charge in [0.2, 0.25) is 0 Å². The maximum Gasteiger partial charge on any atom is 0.166 e. The molecular formula is C51H32N4S. The Balaban J connectivity index is 1.33. The Kier molecular flexibility index (Phi) is 5.27. The molecule has 0 aliphatic rings. The second kappa shape index (κ2) is 13.3. The quantitative estimate of drug-likeness (QED) is 0.170. The summed E-state index contributed by atoms with van der Waals surface area (Å²) in [7, 11) is 0. The third-order valence-electron chi connectivity index (χ3n) is 9.80. The summed E-state index contributed by atoms with van der Waals surface area (Å²) in [4.78, 5) is 15.1. The van der Waals surface area contributed by atoms with Gasteiger partial charge in [-0.2, -0.15) is 0 Å². The average Bonchev–Trinajstić information content (AvgIpc) is 3.94. The van der Waals surface area contributed by atoms with Crippen LogP contribution < -0.4 is 0 Å². The Hall–Kier alpha value is -7.21. The molecule has 0 radical (unpaired) electrons. The summed E-state index contributed by atoms with van der Waals surface area (Å²) in [6, 6.07) is 31.0. The van der Waals surface area contributed by atoms with Crippen LogP contribution in [0.5, 0.6) is 0 Å². The molecule has 0 aliphatic heterocycles. The minimum Gasteiger partial charge on any atom is -0.308 e. The number of para-hydroxylation sites is 1. The highest BCUT2D eigenvalue weighted by Crippen LogP contribution is 2.43. The zero-order valence-corrected chi connectivity index (χ0v) is 30.1. The molecule has 0 spiro atoms. The fraction of sp³-hybridized carbons (Fsp3) is 0. The second-order valence-corrected chi connectivity index (χ2v) is 14.1. The number of benzene rings is 8. The molecular weight excluding hydrogens is 701 g/mol. The van der Waals surface area contributed by atoms with Crippen LogP contribution >= 0.6 is 11.3 Å². The van der Waals surface area contributed by atoms with E-state index in [9.17, 15) is 6.85 Å². The van der Waals surface area contributed by atoms with Crippen molar-refractivity contribution < 1.29 is 16.4 Å². The van der Waals surface area contributed by atoms with Crippen LogP contribution in [0, 0.1) is 0 Å². The highest BCUT2D eigenvalue weighted by molar-refractivity contribution is 7.26. The zero-order valence-electron chi connectivity index (χ0n) is 41.2. The molecule has 0 atom stereocenters. The van der Waals surface area contributed by atoms with Crippen molar-refractivity contribution in [2.45, 2.75) is 0 Å². The molecule has 4 nitrogen and oxygen atoms in total. The van der Waals surface area contributed by atoms with Gasteiger partial charge in [0.15, 0.2) is 17.5 Å². The van der Waals surface area contributed by atoms with E-state index in [1.165, 1.54) is 4.57 Å². The number of rotatable bonds is 6. The van der Waals surface area contributed by atoms with Gasteiger partial charge >= 0.3 is 0 Å². The number of hydrogen-bond acceptors (Lipinski definition) is 4. The normalized spacial score (nSPS) is 14.6. The molecule has 3 aromatic heterocycles. The maximum absolute atomic E-state index is 9.95. The number of hydrogen-bond donors (Lipinski definition) is 0. The van der Waals surface area contributed by atoms with Crippen LogP contribution in [0.3, 0.4) is 0 Å². The average molecular weight is 745 g/mol. The molecule has 8 aromatic carbocycles. The monoisotopic (exact) mass is 744 g/mol. The van der Waals surface area contributed by atoms with Crippen molar-refractivity contribution in [2.24, 2.45) is 0 Å². The van der Waals surface area contributed by atoms with Gasteiger partial charge in [-0.05, 0) is 52.5 Å². The van der Waals surface area contributed by atoms with Gasteiger partial charge in [-0.25, -0.2) is 15.0 Å². The first kappa shape index (κ1) is 22.2. The van der Waals surface area contributed by atoms with Gasteiger partial charge in [-0.15, -0.1) is 11.3 Å². The van der Waals surface area contributed by atoms with Crippen molar-refractivity contribution in [3.63, 3.8) is 0 Å². The van der Waals surface area contributed by atoms with Gasteiger partial charge in [0.05, 0.1) is 33.2 Å². The lowest BCUT2D eigenvalue weighted by Crippen LogP contribution is -2.04. The smallest absolute Gasteiger partial charge is 0.166 e. The second-order valence-electron chi connectivity index (χ2n) is 13.1. The number of aromatic nitrogens is 4. The highest BCUT2D eigenvalue weighted by Gasteiger charge is 2.21. The summed E-state index contributed by atoms with van der Waals surface area (Å²) in [5.41, 5.74) is 2.39. The van der Waals surface area contributed by atoms with Gasteiger partial charge in [-0.1, -0.05) is 164 Å². The molecule has 11 rings (SSSR count). The molecule has 0 bridgehead atoms. The Morgan fingerprint density at radius 2 is 1.09 bits per heavy atom. The fourth-order valence-corrected chi connectivity index (χ4v) is 8.47. The molecule has 0 amide bonds. The summed E-state index contributed by atoms with van der Waals surface area (Å²) in [5, 5.41) is 1.86. The van der Waals surface area contributed by atoms with Crippen LogP contribution in [0.2, 0.25) is 0 Å². The predicted molar refractivity (Wildman–Crippen MR) is 234 cm³/mol. The van der Waals surface area contributed by atoms with Crippen molar-refractivity contribution in [3.8, 4) is 62.1 Å². The lowest BCUT2D eigenvalue weighted by atomic mass is 9.99. The Labute approximate surface area is 344 Å². The van der Waals surface area contributed by atoms with Crippen LogP contribution in [-0.2, 0) is 0 Å². The lowest BCUT2D eigenvalue weighted by Gasteiger charge is -2.17. The minimum atomic E-state index is -0.698. The summed E-state index contributed by atoms with van der Waals surface area (Å²) in [6.07, 6.45) is 0. The first-order chi connectivity index (χ1) is 32.8. The first-order valence-electron chi connectivity index (χ1n) is 23.8. The summed E-state index contributed by atoms with van der Waals surface area (Å²) >= 11 is 1.64. The molecule has 3 heterocycles. The van der Waals surface area contributed by atoms with Crippen LogP contribution in [0.4, 0.5) is 0 Å². The van der Waals surface area contributed by atoms with E-state index < -0.39 is 83.6 Å². The standard InChI is InChI=1S/C51H32N4S/c1-4-15-33(16-5-1)36-27-29-40-39-21-10-12-25-44(39)55(46(40)32-36)45-30-28-37(38-23-14-24-42-41-22-11-13-26-47(41)56-48(38)42)31-43(45)51-53-49(34-17-6-2-7-18-34)52-50(54-51)35-19-8-3-9-20-35/h1-32H/i1D,4D,5D,10D,12D,15D,16D,21D,25D,27D,29D,32D. The number of thiophene rings is 1. The minimum absolute atomic E-state index is 0.119. The van der Waals surface area contributed by atoms with E-state index >= 15 is 0 Å². The third kappa shape index (κ3) is 5.40. The maximum atomic E-state index is 9.95. The summed E-state index contributed by atoms with van der Waals surface area (Å²) < 4.78 is 112. The molecule has 0 saturated heterocycles. The summed E-state index contributed by atoms with van der Waals surface area (Å²) in [6.45, 7) is 0. The van der Waals surface area contributed by atoms with Crippen molar-refractivity contribution in [1.82, 2.24) is 19.5 Å². The van der Waals surface area contributed by atoms with Gasteiger partial charge in [-0.3, -0.25) is 0 Å². The Morgan fingerprint density at radius 1 is 0.429 bits per heavy atom. The van der Waals surface area contributed by atoms with Crippen LogP contribution in [0.1, 0.15) is 16.4 Å². The Morgan fingerprint density at radius 3 is 1.88 bits per heavy atom. The van der Waals surface area contributed by atoms with E-state index in [1.807, 2.05) is 97.1 Å². The van der Waals surface area contributed by atoms with Gasteiger partial charge in [0.1, 0.15) is 0 Å². The molecule has 0 fully saturated rings. The van der Waals surface area contributed by atoms with Crippen molar-refractivity contribution >= 4 is 53.3 Å². The van der Waals surface area contributed by atoms with Gasteiger partial charge in [0.25, 0.3) is 0 Å². The molecule has 56 heavy (non-hydrogen) atoms. The van der Waals surface area contributed by atoms with Crippen LogP contribution in [0.15, 0.2) is 194 Å². The van der Waals surface area contributed by atoms with E-state index in [1.54, 1.807) is 17.4 Å². The zero-order chi connectivity index (χ0) is 47.4. The highest BCUT2D eigenvalue weighted by atomic mass is 32.1. The van der Waals surface area contributed by atoms with Crippen LogP contribution in [-0.4, -0.2) is 19.5 Å². The Bertz CT molecular complexity index is 3860. The molecule has 0 N–H and O–H groups in total. The van der Waals surface area contributed by atoms with E-state index in [0.29, 0.717) is 28.3 Å². The van der Waals surface area contributed by atoms with E-state index in [0.717, 1.165) is 31.3 Å². The SMILES string of the molecule is [2H]c1c([2H])c([2H])c(-c2c([2H])c([2H])c3c4c([2H])c([2H])c([2H])c([2H])c4n(-c4ccc(-c5cccc6c5sc5ccccc56)cc4-c4nc(-c5ccccc5)nc(-c5ccccc5)n4)c3c2[2H])c([2H])c1[2H]. The van der Waals surface area contributed by atoms with Gasteiger partial charge in [0, 0.05) is 47.6 Å². The molecule has 0 saturated carbocycles. The summed E-state index contributed by atoms with van der Waals surface area (Å²) in [5.74, 6) is 0.825. The lowest BCUT2D eigenvalue weighted by molar-refractivity contribution is 1.06. The van der Waals surface area contributed by atoms with Gasteiger partial charge < -0.3 is 4.57 Å². The number of fused-ring (bicyclic) bond motifs is 6. The topological polar surface area (TPSA) is 43.6 Å². The van der Waals surface area contributed by atoms with Crippen LogP contribution in [0.25, 0.3) is 104 Å². The van der Waals surface area contributed by atoms with E-state index in [2.05, 4.69) is 18.2 Å². The molecule has 5 heteroatoms. The van der Waals surface area contributed by atoms with Crippen molar-refractivity contribution in [2.75, 3.05) is 0 Å². The fourth-order valence-electron chi connectivity index (χ4n) is 7.23. The molecule has 0 unspecified atom stereocenters. The number of nitrogens with zero attached hydrogens (tertiary/aromatic N) is 4.